The topological polar surface area (TPSA) is 57.1 Å². The van der Waals surface area contributed by atoms with Gasteiger partial charge in [-0.3, -0.25) is 0 Å². The molecular weight excluding hydrogens is 515 g/mol. The van der Waals surface area contributed by atoms with Gasteiger partial charge < -0.3 is 9.47 Å². The van der Waals surface area contributed by atoms with E-state index in [0.717, 1.165) is 18.4 Å². The summed E-state index contributed by atoms with van der Waals surface area (Å²) in [4.78, 5) is 12.2. The smallest absolute Gasteiger partial charge is 0.250 e. The van der Waals surface area contributed by atoms with Crippen LogP contribution in [0.4, 0.5) is 0 Å². The molecule has 1 aromatic heterocycles. The molecule has 11 heteroatoms. The van der Waals surface area contributed by atoms with Gasteiger partial charge in [0.2, 0.25) is 7.59 Å². The Morgan fingerprint density at radius 1 is 0.767 bits per heavy atom. The third-order valence-electron chi connectivity index (χ3n) is 3.48. The first kappa shape index (κ1) is 25.6. The molecule has 5 nitrogen and oxygen atoms in total. The van der Waals surface area contributed by atoms with Gasteiger partial charge in [-0.25, -0.2) is 15.0 Å². The predicted molar refractivity (Wildman–Crippen MR) is 125 cm³/mol. The second-order valence-electron chi connectivity index (χ2n) is 6.07. The van der Waals surface area contributed by atoms with Crippen LogP contribution in [0.3, 0.4) is 0 Å². The van der Waals surface area contributed by atoms with E-state index in [0.29, 0.717) is 24.7 Å². The van der Waals surface area contributed by atoms with Crippen LogP contribution < -0.4 is 9.47 Å². The number of alkyl halides is 6. The molecule has 0 saturated carbocycles. The summed E-state index contributed by atoms with van der Waals surface area (Å²) in [6.45, 7) is 5.24. The molecule has 0 spiro atoms. The van der Waals surface area contributed by atoms with Gasteiger partial charge in [-0.05, 0) is 36.6 Å². The monoisotopic (exact) mass is 531 g/mol. The molecule has 0 aliphatic heterocycles. The number of aromatic nitrogens is 3. The highest BCUT2D eigenvalue weighted by molar-refractivity contribution is 6.67. The molecule has 0 saturated heterocycles. The van der Waals surface area contributed by atoms with Crippen molar-refractivity contribution in [3.63, 3.8) is 0 Å². The molecule has 0 fully saturated rings. The molecule has 0 N–H and O–H groups in total. The largest absolute Gasteiger partial charge is 0.490 e. The lowest BCUT2D eigenvalue weighted by Gasteiger charge is -2.14. The molecule has 0 aliphatic carbocycles. The van der Waals surface area contributed by atoms with E-state index in [4.69, 9.17) is 79.1 Å². The average Bonchev–Trinajstić information content (AvgIpc) is 2.68. The fourth-order valence-electron chi connectivity index (χ4n) is 2.18. The van der Waals surface area contributed by atoms with Crippen LogP contribution in [0, 0.1) is 0 Å². The minimum absolute atomic E-state index is 0.154. The highest BCUT2D eigenvalue weighted by Crippen LogP contribution is 2.40. The lowest BCUT2D eigenvalue weighted by Crippen LogP contribution is -2.16. The van der Waals surface area contributed by atoms with E-state index in [1.54, 1.807) is 12.2 Å². The van der Waals surface area contributed by atoms with Crippen LogP contribution in [0.25, 0.3) is 12.2 Å². The average molecular weight is 534 g/mol. The van der Waals surface area contributed by atoms with E-state index < -0.39 is 7.59 Å². The lowest BCUT2D eigenvalue weighted by molar-refractivity contribution is 0.268. The van der Waals surface area contributed by atoms with Gasteiger partial charge >= 0.3 is 0 Å². The van der Waals surface area contributed by atoms with Crippen molar-refractivity contribution >= 4 is 81.8 Å². The highest BCUT2D eigenvalue weighted by atomic mass is 35.6. The van der Waals surface area contributed by atoms with Gasteiger partial charge in [0.25, 0.3) is 0 Å². The molecule has 1 aromatic carbocycles. The quantitative estimate of drug-likeness (QED) is 0.334. The Kier molecular flexibility index (Phi) is 9.59. The van der Waals surface area contributed by atoms with Crippen LogP contribution >= 0.6 is 69.6 Å². The van der Waals surface area contributed by atoms with Crippen LogP contribution in [0.1, 0.15) is 49.7 Å². The Labute approximate surface area is 205 Å². The number of rotatable bonds is 8. The zero-order chi connectivity index (χ0) is 22.4. The fraction of sp³-hybridized carbons (Fsp3) is 0.421. The summed E-state index contributed by atoms with van der Waals surface area (Å²) in [5.74, 6) is 1.18. The number of halogens is 6. The first-order valence-electron chi connectivity index (χ1n) is 9.02. The van der Waals surface area contributed by atoms with Gasteiger partial charge in [-0.15, -0.1) is 0 Å². The molecule has 30 heavy (non-hydrogen) atoms. The van der Waals surface area contributed by atoms with Crippen molar-refractivity contribution in [1.82, 2.24) is 15.0 Å². The van der Waals surface area contributed by atoms with E-state index in [1.165, 1.54) is 0 Å². The third-order valence-corrected chi connectivity index (χ3v) is 4.49. The maximum Gasteiger partial charge on any atom is 0.250 e. The Balaban J connectivity index is 2.38. The van der Waals surface area contributed by atoms with Crippen LogP contribution in [-0.2, 0) is 7.59 Å². The van der Waals surface area contributed by atoms with Gasteiger partial charge in [-0.2, -0.15) is 0 Å². The Bertz CT molecular complexity index is 849. The SMILES string of the molecule is CCCOc1ccc(C=Cc2nc(C(Cl)(Cl)Cl)nc(C(Cl)(Cl)Cl)n2)cc1OCCC. The van der Waals surface area contributed by atoms with Crippen molar-refractivity contribution in [2.45, 2.75) is 34.3 Å². The molecule has 1 heterocycles. The van der Waals surface area contributed by atoms with Crippen molar-refractivity contribution < 1.29 is 9.47 Å². The molecule has 0 amide bonds. The lowest BCUT2D eigenvalue weighted by atomic mass is 10.2. The first-order valence-corrected chi connectivity index (χ1v) is 11.3. The first-order chi connectivity index (χ1) is 14.0. The highest BCUT2D eigenvalue weighted by Gasteiger charge is 2.33. The molecule has 0 atom stereocenters. The molecule has 164 valence electrons. The van der Waals surface area contributed by atoms with Crippen LogP contribution in [-0.4, -0.2) is 28.2 Å². The van der Waals surface area contributed by atoms with Gasteiger partial charge in [0.05, 0.1) is 13.2 Å². The maximum absolute atomic E-state index is 5.89. The standard InChI is InChI=1S/C19H19Cl6N3O2/c1-3-9-29-13-7-5-12(11-14(13)30-10-4-2)6-8-15-26-16(18(20,21)22)28-17(27-15)19(23,24)25/h5-8,11H,3-4,9-10H2,1-2H3. The molecule has 0 unspecified atom stereocenters. The summed E-state index contributed by atoms with van der Waals surface area (Å²) in [5, 5.41) is 0. The van der Waals surface area contributed by atoms with E-state index in [9.17, 15) is 0 Å². The van der Waals surface area contributed by atoms with Gasteiger partial charge in [0, 0.05) is 0 Å². The minimum atomic E-state index is -1.91. The van der Waals surface area contributed by atoms with Crippen molar-refractivity contribution in [2.24, 2.45) is 0 Å². The third kappa shape index (κ3) is 7.77. The van der Waals surface area contributed by atoms with Crippen molar-refractivity contribution in [3.05, 3.63) is 41.2 Å². The number of hydrogen-bond acceptors (Lipinski definition) is 5. The second kappa shape index (κ2) is 11.3. The summed E-state index contributed by atoms with van der Waals surface area (Å²) < 4.78 is 7.72. The Hall–Kier alpha value is -0.690. The summed E-state index contributed by atoms with van der Waals surface area (Å²) in [6.07, 6.45) is 5.11. The molecule has 0 bridgehead atoms. The van der Waals surface area contributed by atoms with Gasteiger partial charge in [-0.1, -0.05) is 95.6 Å². The summed E-state index contributed by atoms with van der Waals surface area (Å²) in [7, 11) is 0. The zero-order valence-corrected chi connectivity index (χ0v) is 20.7. The second-order valence-corrected chi connectivity index (χ2v) is 10.6. The molecule has 0 aliphatic rings. The summed E-state index contributed by atoms with van der Waals surface area (Å²) >= 11 is 35.4. The molecule has 0 radical (unpaired) electrons. The van der Waals surface area contributed by atoms with Crippen molar-refractivity contribution in [2.75, 3.05) is 13.2 Å². The van der Waals surface area contributed by atoms with E-state index in [-0.39, 0.29) is 17.5 Å². The number of ether oxygens (including phenoxy) is 2. The molecule has 2 rings (SSSR count). The summed E-state index contributed by atoms with van der Waals surface area (Å²) in [6, 6.07) is 5.56. The van der Waals surface area contributed by atoms with E-state index >= 15 is 0 Å². The van der Waals surface area contributed by atoms with Gasteiger partial charge in [0.1, 0.15) is 0 Å². The van der Waals surface area contributed by atoms with Gasteiger partial charge in [0.15, 0.2) is 29.0 Å². The Morgan fingerprint density at radius 3 is 1.80 bits per heavy atom. The van der Waals surface area contributed by atoms with Crippen molar-refractivity contribution in [1.29, 1.82) is 0 Å². The number of nitrogens with zero attached hydrogens (tertiary/aromatic N) is 3. The van der Waals surface area contributed by atoms with Crippen LogP contribution in [0.2, 0.25) is 0 Å². The minimum Gasteiger partial charge on any atom is -0.490 e. The van der Waals surface area contributed by atoms with Crippen molar-refractivity contribution in [3.8, 4) is 11.5 Å². The normalized spacial score (nSPS) is 12.4. The van der Waals surface area contributed by atoms with Crippen LogP contribution in [0.5, 0.6) is 11.5 Å². The zero-order valence-electron chi connectivity index (χ0n) is 16.1. The van der Waals surface area contributed by atoms with E-state index in [1.807, 2.05) is 32.0 Å². The van der Waals surface area contributed by atoms with Crippen LogP contribution in [0.15, 0.2) is 18.2 Å². The maximum atomic E-state index is 5.89. The Morgan fingerprint density at radius 2 is 1.30 bits per heavy atom. The number of benzene rings is 1. The number of hydrogen-bond donors (Lipinski definition) is 0. The van der Waals surface area contributed by atoms with E-state index in [2.05, 4.69) is 15.0 Å². The molecule has 2 aromatic rings. The predicted octanol–water partition coefficient (Wildman–Crippen LogP) is 7.27. The molecular formula is C19H19Cl6N3O2. The fourth-order valence-corrected chi connectivity index (χ4v) is 2.68. The summed E-state index contributed by atoms with van der Waals surface area (Å²) in [5.41, 5.74) is 0.816.